The van der Waals surface area contributed by atoms with Crippen LogP contribution in [0.2, 0.25) is 0 Å². The van der Waals surface area contributed by atoms with E-state index >= 15 is 0 Å². The van der Waals surface area contributed by atoms with Gasteiger partial charge in [-0.05, 0) is 31.0 Å². The number of aromatic nitrogens is 4. The second kappa shape index (κ2) is 6.96. The van der Waals surface area contributed by atoms with Crippen LogP contribution in [0.5, 0.6) is 0 Å². The minimum Gasteiger partial charge on any atom is -0.380 e. The number of carbonyl (C=O) groups excluding carboxylic acids is 1. The molecule has 0 aromatic carbocycles. The molecule has 1 aliphatic rings. The van der Waals surface area contributed by atoms with Crippen molar-refractivity contribution >= 4 is 28.4 Å². The van der Waals surface area contributed by atoms with Crippen molar-refractivity contribution in [1.29, 1.82) is 0 Å². The van der Waals surface area contributed by atoms with E-state index in [9.17, 15) is 4.79 Å². The van der Waals surface area contributed by atoms with Gasteiger partial charge in [0.05, 0.1) is 5.69 Å². The topological polar surface area (TPSA) is 113 Å². The highest BCUT2D eigenvalue weighted by atomic mass is 16.1. The van der Waals surface area contributed by atoms with Crippen molar-refractivity contribution in [2.45, 2.75) is 18.9 Å². The molecule has 0 bridgehead atoms. The van der Waals surface area contributed by atoms with Crippen molar-refractivity contribution in [3.63, 3.8) is 0 Å². The van der Waals surface area contributed by atoms with Crippen molar-refractivity contribution in [3.05, 3.63) is 41.9 Å². The Kier molecular flexibility index (Phi) is 4.34. The summed E-state index contributed by atoms with van der Waals surface area (Å²) in [7, 11) is 0. The molecular formula is C19H19N7O. The summed E-state index contributed by atoms with van der Waals surface area (Å²) in [5.41, 5.74) is 7.68. The third-order valence-corrected chi connectivity index (χ3v) is 4.80. The van der Waals surface area contributed by atoms with Crippen LogP contribution in [0.1, 0.15) is 28.9 Å². The van der Waals surface area contributed by atoms with E-state index in [1.165, 1.54) is 0 Å². The van der Waals surface area contributed by atoms with Crippen LogP contribution >= 0.6 is 0 Å². The quantitative estimate of drug-likeness (QED) is 0.607. The van der Waals surface area contributed by atoms with Crippen LogP contribution in [-0.4, -0.2) is 45.2 Å². The number of hydrogen-bond donors (Lipinski definition) is 3. The molecule has 1 saturated heterocycles. The number of pyridine rings is 1. The van der Waals surface area contributed by atoms with E-state index in [4.69, 9.17) is 12.2 Å². The maximum absolute atomic E-state index is 11.8. The van der Waals surface area contributed by atoms with Crippen molar-refractivity contribution in [2.24, 2.45) is 5.73 Å². The lowest BCUT2D eigenvalue weighted by Crippen LogP contribution is -2.40. The summed E-state index contributed by atoms with van der Waals surface area (Å²) in [6.07, 6.45) is 10.6. The molecule has 8 heteroatoms. The Morgan fingerprint density at radius 3 is 2.78 bits per heavy atom. The lowest BCUT2D eigenvalue weighted by atomic mass is 10.0. The fraction of sp³-hybridized carbons (Fsp3) is 0.263. The summed E-state index contributed by atoms with van der Waals surface area (Å²) < 4.78 is 0. The molecule has 0 saturated carbocycles. The SMILES string of the molecule is C#Cc1ccc(N2CCC(Nc3c(C(N)=O)nnc4[nH]ccc34)CC2)nc1. The van der Waals surface area contributed by atoms with E-state index in [0.29, 0.717) is 11.3 Å². The number of rotatable bonds is 4. The fourth-order valence-corrected chi connectivity index (χ4v) is 3.36. The number of nitrogens with two attached hydrogens (primary N) is 1. The van der Waals surface area contributed by atoms with Crippen molar-refractivity contribution < 1.29 is 4.79 Å². The first kappa shape index (κ1) is 16.8. The van der Waals surface area contributed by atoms with Gasteiger partial charge in [-0.3, -0.25) is 4.79 Å². The number of nitrogens with one attached hydrogen (secondary N) is 2. The molecule has 1 fully saturated rings. The Labute approximate surface area is 156 Å². The zero-order chi connectivity index (χ0) is 18.8. The van der Waals surface area contributed by atoms with E-state index in [0.717, 1.165) is 42.7 Å². The Bertz CT molecular complexity index is 1010. The Hall–Kier alpha value is -3.60. The third-order valence-electron chi connectivity index (χ3n) is 4.80. The normalized spacial score (nSPS) is 14.9. The summed E-state index contributed by atoms with van der Waals surface area (Å²) in [5.74, 6) is 2.90. The third kappa shape index (κ3) is 3.27. The van der Waals surface area contributed by atoms with E-state index in [2.05, 4.69) is 36.3 Å². The molecule has 0 atom stereocenters. The molecule has 4 heterocycles. The average Bonchev–Trinajstić information content (AvgIpc) is 3.18. The van der Waals surface area contributed by atoms with Gasteiger partial charge < -0.3 is 20.9 Å². The monoisotopic (exact) mass is 361 g/mol. The highest BCUT2D eigenvalue weighted by Gasteiger charge is 2.23. The number of fused-ring (bicyclic) bond motifs is 1. The van der Waals surface area contributed by atoms with Gasteiger partial charge in [0, 0.05) is 42.5 Å². The van der Waals surface area contributed by atoms with Gasteiger partial charge in [-0.25, -0.2) is 4.98 Å². The van der Waals surface area contributed by atoms with Crippen LogP contribution in [0.25, 0.3) is 11.0 Å². The molecule has 1 aliphatic heterocycles. The van der Waals surface area contributed by atoms with Crippen LogP contribution in [0.3, 0.4) is 0 Å². The highest BCUT2D eigenvalue weighted by Crippen LogP contribution is 2.27. The molecule has 3 aromatic rings. The molecule has 0 aliphatic carbocycles. The predicted octanol–water partition coefficient (Wildman–Crippen LogP) is 1.51. The zero-order valence-corrected chi connectivity index (χ0v) is 14.6. The molecule has 3 aromatic heterocycles. The second-order valence-corrected chi connectivity index (χ2v) is 6.48. The Morgan fingerprint density at radius 2 is 2.11 bits per heavy atom. The molecule has 27 heavy (non-hydrogen) atoms. The number of H-pyrrole nitrogens is 1. The van der Waals surface area contributed by atoms with Crippen LogP contribution in [-0.2, 0) is 0 Å². The van der Waals surface area contributed by atoms with Crippen molar-refractivity contribution in [1.82, 2.24) is 20.2 Å². The van der Waals surface area contributed by atoms with Crippen molar-refractivity contribution in [3.8, 4) is 12.3 Å². The number of hydrogen-bond acceptors (Lipinski definition) is 6. The summed E-state index contributed by atoms with van der Waals surface area (Å²) in [6.45, 7) is 1.70. The molecular weight excluding hydrogens is 342 g/mol. The molecule has 0 unspecified atom stereocenters. The predicted molar refractivity (Wildman–Crippen MR) is 103 cm³/mol. The number of aromatic amines is 1. The van der Waals surface area contributed by atoms with Gasteiger partial charge in [0.25, 0.3) is 5.91 Å². The Morgan fingerprint density at radius 1 is 1.30 bits per heavy atom. The van der Waals surface area contributed by atoms with E-state index in [1.54, 1.807) is 12.4 Å². The van der Waals surface area contributed by atoms with Crippen LogP contribution in [0.15, 0.2) is 30.6 Å². The van der Waals surface area contributed by atoms with Crippen LogP contribution in [0, 0.1) is 12.3 Å². The first-order chi connectivity index (χ1) is 13.2. The molecule has 1 amide bonds. The van der Waals surface area contributed by atoms with Gasteiger partial charge in [-0.2, -0.15) is 0 Å². The summed E-state index contributed by atoms with van der Waals surface area (Å²) >= 11 is 0. The maximum atomic E-state index is 11.8. The number of terminal acetylenes is 1. The summed E-state index contributed by atoms with van der Waals surface area (Å²) in [5, 5.41) is 12.2. The van der Waals surface area contributed by atoms with Crippen LogP contribution < -0.4 is 16.0 Å². The van der Waals surface area contributed by atoms with Gasteiger partial charge in [0.15, 0.2) is 11.3 Å². The number of carbonyl (C=O) groups is 1. The molecule has 4 rings (SSSR count). The maximum Gasteiger partial charge on any atom is 0.271 e. The molecule has 0 spiro atoms. The van der Waals surface area contributed by atoms with E-state index in [1.807, 2.05) is 18.2 Å². The van der Waals surface area contributed by atoms with Crippen LogP contribution in [0.4, 0.5) is 11.5 Å². The average molecular weight is 361 g/mol. The molecule has 4 N–H and O–H groups in total. The van der Waals surface area contributed by atoms with Gasteiger partial charge in [-0.1, -0.05) is 5.92 Å². The largest absolute Gasteiger partial charge is 0.380 e. The zero-order valence-electron chi connectivity index (χ0n) is 14.6. The molecule has 0 radical (unpaired) electrons. The Balaban J connectivity index is 1.49. The minimum absolute atomic E-state index is 0.163. The molecule has 8 nitrogen and oxygen atoms in total. The number of primary amides is 1. The van der Waals surface area contributed by atoms with E-state index in [-0.39, 0.29) is 11.7 Å². The van der Waals surface area contributed by atoms with E-state index < -0.39 is 5.91 Å². The highest BCUT2D eigenvalue weighted by molar-refractivity contribution is 6.04. The fourth-order valence-electron chi connectivity index (χ4n) is 3.36. The lowest BCUT2D eigenvalue weighted by Gasteiger charge is -2.33. The number of amides is 1. The smallest absolute Gasteiger partial charge is 0.271 e. The van der Waals surface area contributed by atoms with Crippen molar-refractivity contribution in [2.75, 3.05) is 23.3 Å². The standard InChI is InChI=1S/C19H19N7O/c1-2-12-3-4-15(22-11-12)26-9-6-13(7-10-26)23-16-14-5-8-21-19(14)25-24-17(16)18(20)27/h1,3-5,8,11,13H,6-7,9-10H2,(H2,20,27)(H2,21,23,25). The molecule has 136 valence electrons. The van der Waals surface area contributed by atoms with Gasteiger partial charge in [0.1, 0.15) is 5.82 Å². The second-order valence-electron chi connectivity index (χ2n) is 6.48. The van der Waals surface area contributed by atoms with Gasteiger partial charge >= 0.3 is 0 Å². The number of anilines is 2. The lowest BCUT2D eigenvalue weighted by molar-refractivity contribution is 0.0995. The first-order valence-corrected chi connectivity index (χ1v) is 8.73. The number of nitrogens with zero attached hydrogens (tertiary/aromatic N) is 4. The van der Waals surface area contributed by atoms with Gasteiger partial charge in [0.2, 0.25) is 0 Å². The first-order valence-electron chi connectivity index (χ1n) is 8.73. The summed E-state index contributed by atoms with van der Waals surface area (Å²) in [4.78, 5) is 21.4. The summed E-state index contributed by atoms with van der Waals surface area (Å²) in [6, 6.07) is 5.92. The minimum atomic E-state index is -0.594. The van der Waals surface area contributed by atoms with Gasteiger partial charge in [-0.15, -0.1) is 16.6 Å². The number of piperidine rings is 1.